The highest BCUT2D eigenvalue weighted by Gasteiger charge is 2.27. The second-order valence-corrected chi connectivity index (χ2v) is 7.49. The number of halogens is 1. The Hall–Kier alpha value is -1.89. The third-order valence-electron chi connectivity index (χ3n) is 4.57. The molecule has 0 bridgehead atoms. The minimum absolute atomic E-state index is 0.120. The SMILES string of the molecule is O=C(c1cccc(I)c1)N1CCC[C@@H](c2nc3ccccc3[nH]2)C1. The largest absolute Gasteiger partial charge is 0.342 e. The van der Waals surface area contributed by atoms with Gasteiger partial charge in [-0.1, -0.05) is 18.2 Å². The molecule has 2 aromatic carbocycles. The van der Waals surface area contributed by atoms with E-state index in [-0.39, 0.29) is 11.8 Å². The molecular weight excluding hydrogens is 413 g/mol. The minimum atomic E-state index is 0.120. The highest BCUT2D eigenvalue weighted by molar-refractivity contribution is 14.1. The van der Waals surface area contributed by atoms with Gasteiger partial charge >= 0.3 is 0 Å². The van der Waals surface area contributed by atoms with Crippen molar-refractivity contribution in [2.45, 2.75) is 18.8 Å². The van der Waals surface area contributed by atoms with Crippen molar-refractivity contribution in [2.24, 2.45) is 0 Å². The Morgan fingerprint density at radius 3 is 2.92 bits per heavy atom. The molecule has 1 N–H and O–H groups in total. The number of fused-ring (bicyclic) bond motifs is 1. The fraction of sp³-hybridized carbons (Fsp3) is 0.263. The molecule has 24 heavy (non-hydrogen) atoms. The van der Waals surface area contributed by atoms with Crippen LogP contribution in [0.5, 0.6) is 0 Å². The van der Waals surface area contributed by atoms with E-state index in [0.717, 1.165) is 51.9 Å². The maximum absolute atomic E-state index is 12.8. The van der Waals surface area contributed by atoms with Crippen LogP contribution in [0.2, 0.25) is 0 Å². The van der Waals surface area contributed by atoms with Gasteiger partial charge in [0, 0.05) is 28.1 Å². The lowest BCUT2D eigenvalue weighted by molar-refractivity contribution is 0.0705. The molecule has 1 saturated heterocycles. The number of carbonyl (C=O) groups is 1. The third-order valence-corrected chi connectivity index (χ3v) is 5.25. The maximum atomic E-state index is 12.8. The fourth-order valence-corrected chi connectivity index (χ4v) is 3.90. The van der Waals surface area contributed by atoms with E-state index in [4.69, 9.17) is 4.98 Å². The molecule has 3 aromatic rings. The molecule has 1 aromatic heterocycles. The van der Waals surface area contributed by atoms with Gasteiger partial charge in [0.15, 0.2) is 0 Å². The van der Waals surface area contributed by atoms with Gasteiger partial charge in [0.1, 0.15) is 5.82 Å². The second kappa shape index (κ2) is 6.55. The van der Waals surface area contributed by atoms with Crippen LogP contribution in [0, 0.1) is 3.57 Å². The first kappa shape index (κ1) is 15.6. The van der Waals surface area contributed by atoms with Crippen LogP contribution >= 0.6 is 22.6 Å². The van der Waals surface area contributed by atoms with Crippen LogP contribution in [0.15, 0.2) is 48.5 Å². The molecule has 4 nitrogen and oxygen atoms in total. The van der Waals surface area contributed by atoms with E-state index in [0.29, 0.717) is 0 Å². The highest BCUT2D eigenvalue weighted by Crippen LogP contribution is 2.27. The van der Waals surface area contributed by atoms with Gasteiger partial charge in [0.05, 0.1) is 11.0 Å². The number of hydrogen-bond acceptors (Lipinski definition) is 2. The Labute approximate surface area is 154 Å². The van der Waals surface area contributed by atoms with Crippen LogP contribution in [0.25, 0.3) is 11.0 Å². The van der Waals surface area contributed by atoms with Gasteiger partial charge in [-0.2, -0.15) is 0 Å². The first-order valence-corrected chi connectivity index (χ1v) is 9.28. The molecule has 122 valence electrons. The summed E-state index contributed by atoms with van der Waals surface area (Å²) in [6, 6.07) is 15.9. The second-order valence-electron chi connectivity index (χ2n) is 6.24. The molecule has 5 heteroatoms. The van der Waals surface area contributed by atoms with Crippen molar-refractivity contribution >= 4 is 39.5 Å². The quantitative estimate of drug-likeness (QED) is 0.619. The van der Waals surface area contributed by atoms with E-state index in [9.17, 15) is 4.79 Å². The van der Waals surface area contributed by atoms with Crippen molar-refractivity contribution < 1.29 is 4.79 Å². The van der Waals surface area contributed by atoms with E-state index in [1.165, 1.54) is 0 Å². The predicted octanol–water partition coefficient (Wildman–Crippen LogP) is 4.19. The molecule has 0 saturated carbocycles. The lowest BCUT2D eigenvalue weighted by Gasteiger charge is -2.32. The monoisotopic (exact) mass is 431 g/mol. The standard InChI is InChI=1S/C19H18IN3O/c20-15-7-3-5-13(11-15)19(24)23-10-4-6-14(12-23)18-21-16-8-1-2-9-17(16)22-18/h1-3,5,7-9,11,14H,4,6,10,12H2,(H,21,22)/t14-/m1/s1. The number of H-pyrrole nitrogens is 1. The Morgan fingerprint density at radius 1 is 1.21 bits per heavy atom. The number of likely N-dealkylation sites (tertiary alicyclic amines) is 1. The zero-order valence-corrected chi connectivity index (χ0v) is 15.4. The molecule has 1 aliphatic heterocycles. The van der Waals surface area contributed by atoms with E-state index in [2.05, 4.69) is 27.6 Å². The number of benzene rings is 2. The zero-order valence-electron chi connectivity index (χ0n) is 13.2. The molecule has 0 unspecified atom stereocenters. The number of aromatic nitrogens is 2. The Balaban J connectivity index is 1.56. The molecule has 0 radical (unpaired) electrons. The number of aromatic amines is 1. The molecule has 1 amide bonds. The van der Waals surface area contributed by atoms with Crippen LogP contribution in [0.3, 0.4) is 0 Å². The van der Waals surface area contributed by atoms with Crippen molar-refractivity contribution in [3.8, 4) is 0 Å². The normalized spacial score (nSPS) is 18.0. The molecule has 0 aliphatic carbocycles. The van der Waals surface area contributed by atoms with Crippen molar-refractivity contribution in [1.29, 1.82) is 0 Å². The molecule has 1 aliphatic rings. The van der Waals surface area contributed by atoms with E-state index in [1.807, 2.05) is 53.4 Å². The number of carbonyl (C=O) groups excluding carboxylic acids is 1. The zero-order chi connectivity index (χ0) is 16.5. The first-order valence-electron chi connectivity index (χ1n) is 8.20. The summed E-state index contributed by atoms with van der Waals surface area (Å²) in [7, 11) is 0. The number of rotatable bonds is 2. The van der Waals surface area contributed by atoms with Gasteiger partial charge in [-0.05, 0) is 65.8 Å². The van der Waals surface area contributed by atoms with Gasteiger partial charge in [-0.3, -0.25) is 4.79 Å². The number of hydrogen-bond donors (Lipinski definition) is 1. The Bertz CT molecular complexity index is 856. The van der Waals surface area contributed by atoms with Crippen LogP contribution < -0.4 is 0 Å². The molecule has 0 spiro atoms. The lowest BCUT2D eigenvalue weighted by atomic mass is 9.96. The number of para-hydroxylation sites is 2. The number of piperidine rings is 1. The van der Waals surface area contributed by atoms with Crippen molar-refractivity contribution in [3.05, 3.63) is 63.5 Å². The summed E-state index contributed by atoms with van der Waals surface area (Å²) >= 11 is 2.25. The van der Waals surface area contributed by atoms with E-state index < -0.39 is 0 Å². The average molecular weight is 431 g/mol. The van der Waals surface area contributed by atoms with Crippen molar-refractivity contribution in [1.82, 2.24) is 14.9 Å². The predicted molar refractivity (Wildman–Crippen MR) is 103 cm³/mol. The molecule has 4 rings (SSSR count). The Kier molecular flexibility index (Phi) is 4.26. The van der Waals surface area contributed by atoms with E-state index in [1.54, 1.807) is 0 Å². The highest BCUT2D eigenvalue weighted by atomic mass is 127. The van der Waals surface area contributed by atoms with Crippen LogP contribution in [-0.4, -0.2) is 33.9 Å². The number of imidazole rings is 1. The Morgan fingerprint density at radius 2 is 2.08 bits per heavy atom. The third kappa shape index (κ3) is 3.05. The summed E-state index contributed by atoms with van der Waals surface area (Å²) in [5.74, 6) is 1.39. The van der Waals surface area contributed by atoms with Crippen molar-refractivity contribution in [3.63, 3.8) is 0 Å². The van der Waals surface area contributed by atoms with Gasteiger partial charge in [-0.15, -0.1) is 0 Å². The molecule has 1 atom stereocenters. The number of nitrogens with one attached hydrogen (secondary N) is 1. The lowest BCUT2D eigenvalue weighted by Crippen LogP contribution is -2.39. The van der Waals surface area contributed by atoms with Crippen LogP contribution in [-0.2, 0) is 0 Å². The number of amides is 1. The minimum Gasteiger partial charge on any atom is -0.342 e. The molecular formula is C19H18IN3O. The fourth-order valence-electron chi connectivity index (χ4n) is 3.35. The average Bonchev–Trinajstić information content (AvgIpc) is 3.05. The van der Waals surface area contributed by atoms with Gasteiger partial charge in [0.25, 0.3) is 5.91 Å². The summed E-state index contributed by atoms with van der Waals surface area (Å²) in [5.41, 5.74) is 2.83. The maximum Gasteiger partial charge on any atom is 0.253 e. The number of nitrogens with zero attached hydrogens (tertiary/aromatic N) is 2. The smallest absolute Gasteiger partial charge is 0.253 e. The van der Waals surface area contributed by atoms with Crippen LogP contribution in [0.4, 0.5) is 0 Å². The summed E-state index contributed by atoms with van der Waals surface area (Å²) < 4.78 is 1.09. The first-order chi connectivity index (χ1) is 11.7. The molecule has 2 heterocycles. The summed E-state index contributed by atoms with van der Waals surface area (Å²) in [6.07, 6.45) is 2.08. The summed E-state index contributed by atoms with van der Waals surface area (Å²) in [5, 5.41) is 0. The molecule has 1 fully saturated rings. The van der Waals surface area contributed by atoms with Gasteiger partial charge in [0.2, 0.25) is 0 Å². The topological polar surface area (TPSA) is 49.0 Å². The van der Waals surface area contributed by atoms with Crippen molar-refractivity contribution in [2.75, 3.05) is 13.1 Å². The summed E-state index contributed by atoms with van der Waals surface area (Å²) in [4.78, 5) is 22.9. The van der Waals surface area contributed by atoms with Crippen LogP contribution in [0.1, 0.15) is 34.9 Å². The van der Waals surface area contributed by atoms with Gasteiger partial charge < -0.3 is 9.88 Å². The van der Waals surface area contributed by atoms with Gasteiger partial charge in [-0.25, -0.2) is 4.98 Å². The van der Waals surface area contributed by atoms with E-state index >= 15 is 0 Å². The summed E-state index contributed by atoms with van der Waals surface area (Å²) in [6.45, 7) is 1.55.